The van der Waals surface area contributed by atoms with Gasteiger partial charge in [0.15, 0.2) is 17.9 Å². The summed E-state index contributed by atoms with van der Waals surface area (Å²) in [6, 6.07) is 1.32. The summed E-state index contributed by atoms with van der Waals surface area (Å²) < 4.78 is 0.302. The minimum atomic E-state index is -1.06. The molecule has 0 radical (unpaired) electrons. The molecule has 1 fully saturated rings. The molecule has 8 heteroatoms. The summed E-state index contributed by atoms with van der Waals surface area (Å²) in [6.45, 7) is 0.521. The molecule has 17 heavy (non-hydrogen) atoms. The summed E-state index contributed by atoms with van der Waals surface area (Å²) in [7, 11) is 0. The summed E-state index contributed by atoms with van der Waals surface area (Å²) in [5.41, 5.74) is 10.9. The molecule has 2 unspecified atom stereocenters. The normalized spacial score (nSPS) is 24.9. The second-order valence-corrected chi connectivity index (χ2v) is 4.01. The maximum Gasteiger partial charge on any atom is 0.346 e. The van der Waals surface area contributed by atoms with Gasteiger partial charge >= 0.3 is 5.95 Å². The van der Waals surface area contributed by atoms with Gasteiger partial charge in [-0.3, -0.25) is 0 Å². The van der Waals surface area contributed by atoms with E-state index in [1.165, 1.54) is 11.0 Å². The molecule has 0 spiro atoms. The van der Waals surface area contributed by atoms with Gasteiger partial charge in [-0.1, -0.05) is 4.98 Å². The number of nitrogens with zero attached hydrogens (tertiary/aromatic N) is 3. The van der Waals surface area contributed by atoms with E-state index in [0.717, 1.165) is 0 Å². The van der Waals surface area contributed by atoms with Crippen LogP contribution in [0, 0.1) is 5.21 Å². The fourth-order valence-corrected chi connectivity index (χ4v) is 1.88. The zero-order chi connectivity index (χ0) is 12.6. The molecule has 1 aromatic rings. The van der Waals surface area contributed by atoms with Gasteiger partial charge in [0.05, 0.1) is 12.2 Å². The number of aliphatic hydroxyl groups is 2. The fraction of sp³-hybridized carbons (Fsp3) is 0.556. The zero-order valence-corrected chi connectivity index (χ0v) is 9.15. The highest BCUT2D eigenvalue weighted by atomic mass is 16.5. The molecule has 2 atom stereocenters. The minimum absolute atomic E-state index is 0.0974. The summed E-state index contributed by atoms with van der Waals surface area (Å²) in [4.78, 5) is 5.32. The van der Waals surface area contributed by atoms with Crippen molar-refractivity contribution in [2.45, 2.75) is 25.2 Å². The van der Waals surface area contributed by atoms with Gasteiger partial charge in [-0.05, 0) is 12.8 Å². The minimum Gasteiger partial charge on any atom is -0.754 e. The van der Waals surface area contributed by atoms with Crippen LogP contribution < -0.4 is 21.1 Å². The van der Waals surface area contributed by atoms with Crippen molar-refractivity contribution < 1.29 is 14.9 Å². The Labute approximate surface area is 97.7 Å². The molecule has 1 aliphatic rings. The Morgan fingerprint density at radius 3 is 2.82 bits per heavy atom. The monoisotopic (exact) mass is 241 g/mol. The molecule has 2 rings (SSSR count). The van der Waals surface area contributed by atoms with E-state index in [4.69, 9.17) is 11.5 Å². The first kappa shape index (κ1) is 11.7. The van der Waals surface area contributed by atoms with Crippen molar-refractivity contribution in [3.63, 3.8) is 0 Å². The number of rotatable bonds is 1. The van der Waals surface area contributed by atoms with Crippen LogP contribution in [0.2, 0.25) is 0 Å². The van der Waals surface area contributed by atoms with Crippen molar-refractivity contribution in [2.24, 2.45) is 0 Å². The third-order valence-corrected chi connectivity index (χ3v) is 2.81. The quantitative estimate of drug-likeness (QED) is 0.335. The van der Waals surface area contributed by atoms with Crippen LogP contribution in [-0.4, -0.2) is 34.1 Å². The molecule has 0 bridgehead atoms. The van der Waals surface area contributed by atoms with Crippen molar-refractivity contribution in [1.82, 2.24) is 4.98 Å². The molecule has 1 saturated heterocycles. The van der Waals surface area contributed by atoms with Crippen molar-refractivity contribution >= 4 is 17.6 Å². The summed E-state index contributed by atoms with van der Waals surface area (Å²) in [6.07, 6.45) is -0.659. The Bertz CT molecular complexity index is 404. The molecule has 0 aromatic carbocycles. The van der Waals surface area contributed by atoms with E-state index in [1.807, 2.05) is 0 Å². The van der Waals surface area contributed by atoms with Crippen LogP contribution in [0.15, 0.2) is 6.07 Å². The lowest BCUT2D eigenvalue weighted by atomic mass is 10.1. The highest BCUT2D eigenvalue weighted by Crippen LogP contribution is 2.23. The van der Waals surface area contributed by atoms with Gasteiger partial charge in [-0.15, -0.1) is 0 Å². The molecule has 0 saturated carbocycles. The molecule has 0 aliphatic carbocycles. The lowest BCUT2D eigenvalue weighted by Gasteiger charge is -2.35. The van der Waals surface area contributed by atoms with Crippen molar-refractivity contribution in [2.75, 3.05) is 22.9 Å². The Morgan fingerprint density at radius 1 is 1.47 bits per heavy atom. The van der Waals surface area contributed by atoms with Crippen molar-refractivity contribution in [1.29, 1.82) is 0 Å². The van der Waals surface area contributed by atoms with Gasteiger partial charge < -0.3 is 31.8 Å². The SMILES string of the molecule is Nc1cc(N2CCCC(O)C2O)nc(N)[n+]1[O-]. The smallest absolute Gasteiger partial charge is 0.346 e. The number of hydrogen-bond acceptors (Lipinski definition) is 7. The van der Waals surface area contributed by atoms with Crippen LogP contribution in [0.3, 0.4) is 0 Å². The predicted octanol–water partition coefficient (Wildman–Crippen LogP) is -1.84. The largest absolute Gasteiger partial charge is 0.754 e. The van der Waals surface area contributed by atoms with E-state index in [1.54, 1.807) is 0 Å². The highest BCUT2D eigenvalue weighted by molar-refractivity contribution is 5.47. The standard InChI is InChI=1S/C9H15N5O3/c10-6-4-7(12-9(11)14(6)17)13-3-1-2-5(15)8(13)16/h4-5,8,15-16H,1-3,10H2,(H2,11,12). The molecule has 6 N–H and O–H groups in total. The third-order valence-electron chi connectivity index (χ3n) is 2.81. The maximum absolute atomic E-state index is 11.2. The van der Waals surface area contributed by atoms with Crippen LogP contribution in [0.25, 0.3) is 0 Å². The average Bonchev–Trinajstić information content (AvgIpc) is 2.29. The molecule has 8 nitrogen and oxygen atoms in total. The molecule has 0 amide bonds. The number of nitrogens with two attached hydrogens (primary N) is 2. The summed E-state index contributed by atoms with van der Waals surface area (Å²) >= 11 is 0. The first-order chi connectivity index (χ1) is 8.00. The Morgan fingerprint density at radius 2 is 2.18 bits per heavy atom. The number of aliphatic hydroxyl groups excluding tert-OH is 2. The van der Waals surface area contributed by atoms with E-state index in [9.17, 15) is 15.4 Å². The van der Waals surface area contributed by atoms with Gasteiger partial charge in [0.25, 0.3) is 0 Å². The average molecular weight is 241 g/mol. The van der Waals surface area contributed by atoms with Crippen LogP contribution in [0.4, 0.5) is 17.6 Å². The lowest BCUT2D eigenvalue weighted by Crippen LogP contribution is -2.49. The Kier molecular flexibility index (Phi) is 2.90. The van der Waals surface area contributed by atoms with Crippen LogP contribution >= 0.6 is 0 Å². The van der Waals surface area contributed by atoms with Gasteiger partial charge in [-0.25, -0.2) is 4.73 Å². The number of anilines is 3. The van der Waals surface area contributed by atoms with Crippen LogP contribution in [0.5, 0.6) is 0 Å². The summed E-state index contributed by atoms with van der Waals surface area (Å²) in [5, 5.41) is 30.6. The number of hydrogen-bond donors (Lipinski definition) is 4. The van der Waals surface area contributed by atoms with Crippen LogP contribution in [0.1, 0.15) is 12.8 Å². The number of aromatic nitrogens is 2. The molecule has 1 aliphatic heterocycles. The van der Waals surface area contributed by atoms with Gasteiger partial charge in [0, 0.05) is 6.54 Å². The zero-order valence-electron chi connectivity index (χ0n) is 9.15. The second kappa shape index (κ2) is 4.22. The Hall–Kier alpha value is -1.80. The molecule has 2 heterocycles. The number of nitrogen functional groups attached to an aromatic ring is 2. The van der Waals surface area contributed by atoms with E-state index in [0.29, 0.717) is 29.9 Å². The lowest BCUT2D eigenvalue weighted by molar-refractivity contribution is -0.576. The highest BCUT2D eigenvalue weighted by Gasteiger charge is 2.30. The predicted molar refractivity (Wildman–Crippen MR) is 60.6 cm³/mol. The second-order valence-electron chi connectivity index (χ2n) is 4.01. The molecule has 94 valence electrons. The first-order valence-corrected chi connectivity index (χ1v) is 5.29. The third kappa shape index (κ3) is 2.04. The molecule has 1 aromatic heterocycles. The topological polar surface area (TPSA) is 136 Å². The maximum atomic E-state index is 11.2. The van der Waals surface area contributed by atoms with Crippen molar-refractivity contribution in [3.8, 4) is 0 Å². The molecular formula is C9H15N5O3. The summed E-state index contributed by atoms with van der Waals surface area (Å²) in [5.74, 6) is -0.0922. The number of piperidine rings is 1. The van der Waals surface area contributed by atoms with E-state index < -0.39 is 12.3 Å². The van der Waals surface area contributed by atoms with Crippen molar-refractivity contribution in [3.05, 3.63) is 11.3 Å². The van der Waals surface area contributed by atoms with Crippen LogP contribution in [-0.2, 0) is 0 Å². The van der Waals surface area contributed by atoms with E-state index in [-0.39, 0.29) is 11.8 Å². The fourth-order valence-electron chi connectivity index (χ4n) is 1.88. The van der Waals surface area contributed by atoms with Gasteiger partial charge in [-0.2, -0.15) is 0 Å². The van der Waals surface area contributed by atoms with Gasteiger partial charge in [0.2, 0.25) is 0 Å². The Balaban J connectivity index is 2.33. The molecular weight excluding hydrogens is 226 g/mol. The van der Waals surface area contributed by atoms with Gasteiger partial charge in [0.1, 0.15) is 0 Å². The van der Waals surface area contributed by atoms with E-state index >= 15 is 0 Å². The first-order valence-electron chi connectivity index (χ1n) is 5.29. The van der Waals surface area contributed by atoms with E-state index in [2.05, 4.69) is 4.98 Å².